The standard InChI is InChI=1S/C19H30N6/c1-15(2)24-12-8-16(9-13-24)23-19(20-3)21-10-7-17-14-25-11-5-4-6-18(25)22-17/h4-6,11,14-16H,7-10,12-13H2,1-3H3,(H2,20,21,23). The molecule has 1 saturated heterocycles. The molecular weight excluding hydrogens is 312 g/mol. The van der Waals surface area contributed by atoms with Gasteiger partial charge >= 0.3 is 0 Å². The van der Waals surface area contributed by atoms with Gasteiger partial charge < -0.3 is 19.9 Å². The zero-order valence-electron chi connectivity index (χ0n) is 15.6. The van der Waals surface area contributed by atoms with Gasteiger partial charge in [0, 0.05) is 57.6 Å². The summed E-state index contributed by atoms with van der Waals surface area (Å²) in [7, 11) is 1.84. The van der Waals surface area contributed by atoms with Gasteiger partial charge in [-0.2, -0.15) is 0 Å². The quantitative estimate of drug-likeness (QED) is 0.644. The summed E-state index contributed by atoms with van der Waals surface area (Å²) < 4.78 is 2.06. The van der Waals surface area contributed by atoms with Crippen LogP contribution in [0.4, 0.5) is 0 Å². The van der Waals surface area contributed by atoms with Crippen molar-refractivity contribution in [1.82, 2.24) is 24.9 Å². The summed E-state index contributed by atoms with van der Waals surface area (Å²) in [6, 6.07) is 7.22. The van der Waals surface area contributed by atoms with Crippen LogP contribution >= 0.6 is 0 Å². The Hall–Kier alpha value is -2.08. The summed E-state index contributed by atoms with van der Waals surface area (Å²) >= 11 is 0. The molecule has 3 rings (SSSR count). The van der Waals surface area contributed by atoms with Crippen LogP contribution in [0.5, 0.6) is 0 Å². The summed E-state index contributed by atoms with van der Waals surface area (Å²) in [4.78, 5) is 11.5. The molecule has 2 aromatic heterocycles. The third-order valence-corrected chi connectivity index (χ3v) is 4.91. The van der Waals surface area contributed by atoms with Crippen molar-refractivity contribution in [2.24, 2.45) is 4.99 Å². The Morgan fingerprint density at radius 2 is 2.12 bits per heavy atom. The molecule has 0 aliphatic carbocycles. The number of piperidine rings is 1. The van der Waals surface area contributed by atoms with E-state index in [1.54, 1.807) is 0 Å². The Balaban J connectivity index is 1.43. The van der Waals surface area contributed by atoms with Gasteiger partial charge in [0.1, 0.15) is 5.65 Å². The van der Waals surface area contributed by atoms with Gasteiger partial charge in [-0.25, -0.2) is 4.98 Å². The van der Waals surface area contributed by atoms with E-state index >= 15 is 0 Å². The molecule has 0 aromatic carbocycles. The molecule has 1 aliphatic heterocycles. The molecule has 1 aliphatic rings. The lowest BCUT2D eigenvalue weighted by molar-refractivity contribution is 0.167. The van der Waals surface area contributed by atoms with E-state index in [0.29, 0.717) is 12.1 Å². The topological polar surface area (TPSA) is 57.0 Å². The second kappa shape index (κ2) is 8.34. The van der Waals surface area contributed by atoms with Gasteiger partial charge in [-0.3, -0.25) is 4.99 Å². The van der Waals surface area contributed by atoms with Gasteiger partial charge in [-0.05, 0) is 38.8 Å². The molecule has 0 spiro atoms. The van der Waals surface area contributed by atoms with E-state index in [4.69, 9.17) is 0 Å². The number of aromatic nitrogens is 2. The Kier molecular flexibility index (Phi) is 5.91. The minimum absolute atomic E-state index is 0.511. The van der Waals surface area contributed by atoms with Crippen LogP contribution in [0.2, 0.25) is 0 Å². The van der Waals surface area contributed by atoms with E-state index in [0.717, 1.165) is 43.4 Å². The Bertz CT molecular complexity index is 664. The van der Waals surface area contributed by atoms with E-state index in [1.165, 1.54) is 12.8 Å². The van der Waals surface area contributed by atoms with E-state index in [1.807, 2.05) is 31.4 Å². The maximum Gasteiger partial charge on any atom is 0.191 e. The van der Waals surface area contributed by atoms with Crippen LogP contribution in [-0.4, -0.2) is 59.0 Å². The molecule has 2 aromatic rings. The fraction of sp³-hybridized carbons (Fsp3) is 0.579. The Labute approximate surface area is 150 Å². The molecule has 25 heavy (non-hydrogen) atoms. The number of imidazole rings is 1. The molecule has 0 bridgehead atoms. The molecule has 1 fully saturated rings. The van der Waals surface area contributed by atoms with Crippen LogP contribution < -0.4 is 10.6 Å². The van der Waals surface area contributed by atoms with Crippen molar-refractivity contribution < 1.29 is 0 Å². The second-order valence-corrected chi connectivity index (χ2v) is 7.00. The van der Waals surface area contributed by atoms with Crippen molar-refractivity contribution in [3.63, 3.8) is 0 Å². The first kappa shape index (κ1) is 17.7. The fourth-order valence-electron chi connectivity index (χ4n) is 3.36. The number of nitrogens with zero attached hydrogens (tertiary/aromatic N) is 4. The van der Waals surface area contributed by atoms with Crippen molar-refractivity contribution in [2.75, 3.05) is 26.7 Å². The van der Waals surface area contributed by atoms with Crippen LogP contribution in [0, 0.1) is 0 Å². The second-order valence-electron chi connectivity index (χ2n) is 7.00. The van der Waals surface area contributed by atoms with E-state index in [2.05, 4.69) is 50.0 Å². The van der Waals surface area contributed by atoms with Gasteiger partial charge in [0.05, 0.1) is 5.69 Å². The third kappa shape index (κ3) is 4.72. The third-order valence-electron chi connectivity index (χ3n) is 4.91. The minimum atomic E-state index is 0.511. The molecule has 0 atom stereocenters. The number of hydrogen-bond donors (Lipinski definition) is 2. The highest BCUT2D eigenvalue weighted by atomic mass is 15.2. The van der Waals surface area contributed by atoms with Crippen molar-refractivity contribution in [1.29, 1.82) is 0 Å². The molecule has 0 radical (unpaired) electrons. The zero-order chi connectivity index (χ0) is 17.6. The van der Waals surface area contributed by atoms with Gasteiger partial charge in [0.15, 0.2) is 5.96 Å². The highest BCUT2D eigenvalue weighted by molar-refractivity contribution is 5.79. The first-order chi connectivity index (χ1) is 12.2. The number of pyridine rings is 1. The van der Waals surface area contributed by atoms with Crippen LogP contribution in [0.1, 0.15) is 32.4 Å². The maximum atomic E-state index is 4.63. The molecule has 0 amide bonds. The molecule has 6 heteroatoms. The van der Waals surface area contributed by atoms with Crippen molar-refractivity contribution in [3.8, 4) is 0 Å². The van der Waals surface area contributed by atoms with Crippen molar-refractivity contribution in [3.05, 3.63) is 36.3 Å². The predicted molar refractivity (Wildman–Crippen MR) is 103 cm³/mol. The Morgan fingerprint density at radius 3 is 2.80 bits per heavy atom. The minimum Gasteiger partial charge on any atom is -0.356 e. The maximum absolute atomic E-state index is 4.63. The molecule has 3 heterocycles. The smallest absolute Gasteiger partial charge is 0.191 e. The van der Waals surface area contributed by atoms with Crippen molar-refractivity contribution >= 4 is 11.6 Å². The largest absolute Gasteiger partial charge is 0.356 e. The molecule has 0 unspecified atom stereocenters. The number of hydrogen-bond acceptors (Lipinski definition) is 3. The lowest BCUT2D eigenvalue weighted by Crippen LogP contribution is -2.50. The van der Waals surface area contributed by atoms with E-state index < -0.39 is 0 Å². The normalized spacial score (nSPS) is 17.4. The highest BCUT2D eigenvalue weighted by Crippen LogP contribution is 2.12. The summed E-state index contributed by atoms with van der Waals surface area (Å²) in [6.45, 7) is 7.69. The summed E-state index contributed by atoms with van der Waals surface area (Å²) in [5.41, 5.74) is 2.09. The molecule has 136 valence electrons. The Morgan fingerprint density at radius 1 is 1.32 bits per heavy atom. The highest BCUT2D eigenvalue weighted by Gasteiger charge is 2.21. The van der Waals surface area contributed by atoms with Crippen LogP contribution in [0.3, 0.4) is 0 Å². The van der Waals surface area contributed by atoms with Crippen LogP contribution in [0.25, 0.3) is 5.65 Å². The number of rotatable bonds is 5. The van der Waals surface area contributed by atoms with Crippen molar-refractivity contribution in [2.45, 2.75) is 45.2 Å². The first-order valence-electron chi connectivity index (χ1n) is 9.29. The SMILES string of the molecule is CN=C(NCCc1cn2ccccc2n1)NC1CCN(C(C)C)CC1. The lowest BCUT2D eigenvalue weighted by atomic mass is 10.0. The molecule has 2 N–H and O–H groups in total. The van der Waals surface area contributed by atoms with Gasteiger partial charge in [0.2, 0.25) is 0 Å². The average molecular weight is 342 g/mol. The summed E-state index contributed by atoms with van der Waals surface area (Å²) in [5.74, 6) is 0.895. The molecule has 6 nitrogen and oxygen atoms in total. The number of nitrogens with one attached hydrogen (secondary N) is 2. The fourth-order valence-corrected chi connectivity index (χ4v) is 3.36. The van der Waals surface area contributed by atoms with E-state index in [9.17, 15) is 0 Å². The van der Waals surface area contributed by atoms with Gasteiger partial charge in [-0.1, -0.05) is 6.07 Å². The van der Waals surface area contributed by atoms with Gasteiger partial charge in [-0.15, -0.1) is 0 Å². The zero-order valence-corrected chi connectivity index (χ0v) is 15.6. The number of guanidine groups is 1. The van der Waals surface area contributed by atoms with Crippen LogP contribution in [-0.2, 0) is 6.42 Å². The number of fused-ring (bicyclic) bond motifs is 1. The number of likely N-dealkylation sites (tertiary alicyclic amines) is 1. The summed E-state index contributed by atoms with van der Waals surface area (Å²) in [6.07, 6.45) is 7.35. The monoisotopic (exact) mass is 342 g/mol. The molecule has 0 saturated carbocycles. The predicted octanol–water partition coefficient (Wildman–Crippen LogP) is 1.91. The lowest BCUT2D eigenvalue weighted by Gasteiger charge is -2.35. The number of aliphatic imine (C=N–C) groups is 1. The van der Waals surface area contributed by atoms with E-state index in [-0.39, 0.29) is 0 Å². The summed E-state index contributed by atoms with van der Waals surface area (Å²) in [5, 5.41) is 6.98. The molecular formula is C19H30N6. The van der Waals surface area contributed by atoms with Gasteiger partial charge in [0.25, 0.3) is 0 Å². The first-order valence-corrected chi connectivity index (χ1v) is 9.29. The van der Waals surface area contributed by atoms with Crippen LogP contribution in [0.15, 0.2) is 35.6 Å². The average Bonchev–Trinajstić information content (AvgIpc) is 3.04.